The van der Waals surface area contributed by atoms with Crippen molar-refractivity contribution < 1.29 is 0 Å². The fraction of sp³-hybridized carbons (Fsp3) is 0.114. The van der Waals surface area contributed by atoms with Gasteiger partial charge in [0.15, 0.2) is 0 Å². The summed E-state index contributed by atoms with van der Waals surface area (Å²) in [7, 11) is 0. The lowest BCUT2D eigenvalue weighted by molar-refractivity contribution is 0.590. The Balaban J connectivity index is 0.983. The number of nitrogens with zero attached hydrogens (tertiary/aromatic N) is 2. The third-order valence-corrected chi connectivity index (χ3v) is 20.3. The highest BCUT2D eigenvalue weighted by molar-refractivity contribution is 6.23. The van der Waals surface area contributed by atoms with E-state index < -0.39 is 0 Å². The fourth-order valence-electron chi connectivity index (χ4n) is 15.6. The molecule has 15 aromatic carbocycles. The molecule has 0 spiro atoms. The lowest BCUT2D eigenvalue weighted by atomic mass is 9.79. The summed E-state index contributed by atoms with van der Waals surface area (Å²) in [6.45, 7) is 16.6. The smallest absolute Gasteiger partial charge is 0.0468 e. The van der Waals surface area contributed by atoms with E-state index in [4.69, 9.17) is 0 Å². The highest BCUT2D eigenvalue weighted by Crippen LogP contribution is 2.57. The van der Waals surface area contributed by atoms with E-state index in [9.17, 15) is 0 Å². The van der Waals surface area contributed by atoms with Crippen molar-refractivity contribution in [3.05, 3.63) is 313 Å². The number of hydrogen-bond donors (Lipinski definition) is 0. The van der Waals surface area contributed by atoms with Crippen LogP contribution in [0.15, 0.2) is 285 Å². The number of rotatable bonds is 8. The minimum Gasteiger partial charge on any atom is -0.310 e. The van der Waals surface area contributed by atoms with Crippen LogP contribution in [-0.4, -0.2) is 0 Å². The highest BCUT2D eigenvalue weighted by Gasteiger charge is 2.39. The molecule has 0 fully saturated rings. The largest absolute Gasteiger partial charge is 0.310 e. The van der Waals surface area contributed by atoms with E-state index in [-0.39, 0.29) is 16.2 Å². The molecular weight excluding hydrogens is 1080 g/mol. The van der Waals surface area contributed by atoms with Gasteiger partial charge in [0.2, 0.25) is 0 Å². The zero-order valence-corrected chi connectivity index (χ0v) is 52.0. The Kier molecular flexibility index (Phi) is 11.9. The molecule has 15 aromatic rings. The molecule has 0 amide bonds. The molecule has 2 nitrogen and oxygen atoms in total. The standard InChI is InChI=1S/C88H68N2/c1-86(2,3)63-35-39-65(40-36-63)90(67-38-30-56-20-12-14-24-60(56)50-67)69-42-46-73-77(54-69)83(62-32-44-75-81(52-62)88(6,7)79-48-34-58-22-16-18-28-71(58)85(75)79)72-45-41-68(89(64-25-9-8-10-26-64)66-37-29-55-19-11-13-23-59(55)49-66)53-76(72)82(73)61-31-43-74-80(51-61)87(4,5)78-47-33-57-21-15-17-27-70(57)84(74)78/h8-54H,1-7H3. The van der Waals surface area contributed by atoms with E-state index in [1.807, 2.05) is 0 Å². The lowest BCUT2D eigenvalue weighted by Crippen LogP contribution is -2.15. The van der Waals surface area contributed by atoms with Gasteiger partial charge in [0.25, 0.3) is 0 Å². The van der Waals surface area contributed by atoms with E-state index in [0.717, 1.165) is 34.1 Å². The van der Waals surface area contributed by atoms with Crippen LogP contribution in [-0.2, 0) is 16.2 Å². The summed E-state index contributed by atoms with van der Waals surface area (Å²) >= 11 is 0. The number of benzene rings is 15. The van der Waals surface area contributed by atoms with Gasteiger partial charge in [-0.25, -0.2) is 0 Å². The number of hydrogen-bond acceptors (Lipinski definition) is 2. The number of fused-ring (bicyclic) bond motifs is 14. The van der Waals surface area contributed by atoms with Crippen molar-refractivity contribution in [2.24, 2.45) is 0 Å². The van der Waals surface area contributed by atoms with Gasteiger partial charge in [0.1, 0.15) is 0 Å². The molecule has 0 aromatic heterocycles. The quantitative estimate of drug-likeness (QED) is 0.140. The van der Waals surface area contributed by atoms with Gasteiger partial charge in [0.05, 0.1) is 0 Å². The van der Waals surface area contributed by atoms with Gasteiger partial charge in [-0.1, -0.05) is 249 Å². The zero-order chi connectivity index (χ0) is 60.8. The summed E-state index contributed by atoms with van der Waals surface area (Å²) in [5.74, 6) is 0. The average Bonchev–Trinajstić information content (AvgIpc) is 1.61. The lowest BCUT2D eigenvalue weighted by Gasteiger charge is -2.29. The molecule has 2 aliphatic rings. The van der Waals surface area contributed by atoms with Crippen LogP contribution in [0.1, 0.15) is 76.3 Å². The third kappa shape index (κ3) is 8.31. The molecule has 0 saturated carbocycles. The molecule has 90 heavy (non-hydrogen) atoms. The van der Waals surface area contributed by atoms with Gasteiger partial charge in [0, 0.05) is 45.0 Å². The molecule has 0 N–H and O–H groups in total. The number of para-hydroxylation sites is 1. The molecule has 0 bridgehead atoms. The molecular formula is C88H68N2. The molecule has 0 saturated heterocycles. The van der Waals surface area contributed by atoms with E-state index in [0.29, 0.717) is 0 Å². The van der Waals surface area contributed by atoms with Crippen LogP contribution in [0.5, 0.6) is 0 Å². The first-order valence-electron chi connectivity index (χ1n) is 31.9. The third-order valence-electron chi connectivity index (χ3n) is 20.3. The molecule has 2 aliphatic carbocycles. The first-order valence-corrected chi connectivity index (χ1v) is 31.9. The van der Waals surface area contributed by atoms with Crippen molar-refractivity contribution in [3.8, 4) is 44.5 Å². The summed E-state index contributed by atoms with van der Waals surface area (Å²) in [5, 5.41) is 14.8. The molecule has 0 aliphatic heterocycles. The normalized spacial score (nSPS) is 13.7. The van der Waals surface area contributed by atoms with E-state index >= 15 is 0 Å². The summed E-state index contributed by atoms with van der Waals surface area (Å²) in [5.41, 5.74) is 23.0. The van der Waals surface area contributed by atoms with Crippen molar-refractivity contribution in [2.75, 3.05) is 9.80 Å². The van der Waals surface area contributed by atoms with Crippen LogP contribution in [0, 0.1) is 0 Å². The van der Waals surface area contributed by atoms with Gasteiger partial charge in [-0.2, -0.15) is 0 Å². The molecule has 0 atom stereocenters. The topological polar surface area (TPSA) is 6.48 Å². The molecule has 17 rings (SSSR count). The maximum atomic E-state index is 2.55. The van der Waals surface area contributed by atoms with Crippen LogP contribution < -0.4 is 9.80 Å². The molecule has 0 radical (unpaired) electrons. The van der Waals surface area contributed by atoms with E-state index in [1.54, 1.807) is 0 Å². The first-order chi connectivity index (χ1) is 43.8. The monoisotopic (exact) mass is 1150 g/mol. The first kappa shape index (κ1) is 53.7. The van der Waals surface area contributed by atoms with Crippen molar-refractivity contribution in [1.29, 1.82) is 0 Å². The summed E-state index contributed by atoms with van der Waals surface area (Å²) in [6.07, 6.45) is 0. The van der Waals surface area contributed by atoms with Crippen LogP contribution in [0.2, 0.25) is 0 Å². The Bertz CT molecular complexity index is 5470. The predicted molar refractivity (Wildman–Crippen MR) is 386 cm³/mol. The van der Waals surface area contributed by atoms with Crippen LogP contribution in [0.4, 0.5) is 34.1 Å². The van der Waals surface area contributed by atoms with Crippen molar-refractivity contribution in [3.63, 3.8) is 0 Å². The average molecular weight is 1150 g/mol. The minimum absolute atomic E-state index is 0.00265. The molecule has 0 heterocycles. The SMILES string of the molecule is CC(C)(C)c1ccc(N(c2ccc3ccccc3c2)c2ccc3c(-c4ccc5c(c4)C(C)(C)c4ccc6ccccc6c4-5)c4cc(N(c5ccccc5)c5ccc6ccccc6c5)ccc4c(-c4ccc5c(c4)C(C)(C)c4ccc6ccccc6c4-5)c3c2)cc1. The van der Waals surface area contributed by atoms with Gasteiger partial charge in [-0.15, -0.1) is 0 Å². The number of anilines is 6. The highest BCUT2D eigenvalue weighted by atomic mass is 15.1. The zero-order valence-electron chi connectivity index (χ0n) is 52.0. The van der Waals surface area contributed by atoms with Crippen molar-refractivity contribution in [1.82, 2.24) is 0 Å². The predicted octanol–water partition coefficient (Wildman–Crippen LogP) is 24.8. The van der Waals surface area contributed by atoms with Crippen LogP contribution >= 0.6 is 0 Å². The fourth-order valence-corrected chi connectivity index (χ4v) is 15.6. The molecule has 430 valence electrons. The second-order valence-corrected chi connectivity index (χ2v) is 27.3. The Hall–Kier alpha value is -10.5. The summed E-state index contributed by atoms with van der Waals surface area (Å²) in [6, 6.07) is 108. The maximum Gasteiger partial charge on any atom is 0.0468 e. The summed E-state index contributed by atoms with van der Waals surface area (Å²) in [4.78, 5) is 4.92. The van der Waals surface area contributed by atoms with Crippen LogP contribution in [0.3, 0.4) is 0 Å². The van der Waals surface area contributed by atoms with Crippen molar-refractivity contribution in [2.45, 2.75) is 64.7 Å². The van der Waals surface area contributed by atoms with E-state index in [2.05, 4.69) is 343 Å². The molecule has 0 unspecified atom stereocenters. The Labute approximate surface area is 527 Å². The second-order valence-electron chi connectivity index (χ2n) is 27.3. The van der Waals surface area contributed by atoms with Gasteiger partial charge in [-0.05, 0) is 227 Å². The van der Waals surface area contributed by atoms with Gasteiger partial charge in [-0.3, -0.25) is 0 Å². The maximum absolute atomic E-state index is 2.55. The van der Waals surface area contributed by atoms with E-state index in [1.165, 1.54) is 137 Å². The van der Waals surface area contributed by atoms with Crippen molar-refractivity contribution >= 4 is 98.8 Å². The van der Waals surface area contributed by atoms with Crippen LogP contribution in [0.25, 0.3) is 109 Å². The molecule has 2 heteroatoms. The Morgan fingerprint density at radius 2 is 0.611 bits per heavy atom. The Morgan fingerprint density at radius 3 is 1.07 bits per heavy atom. The van der Waals surface area contributed by atoms with Gasteiger partial charge < -0.3 is 9.80 Å². The second kappa shape index (κ2) is 20.0. The van der Waals surface area contributed by atoms with Gasteiger partial charge >= 0.3 is 0 Å². The minimum atomic E-state index is -0.253. The Morgan fingerprint density at radius 1 is 0.244 bits per heavy atom. The summed E-state index contributed by atoms with van der Waals surface area (Å²) < 4.78 is 0.